The van der Waals surface area contributed by atoms with Crippen molar-refractivity contribution in [1.29, 1.82) is 0 Å². The number of hydrogen-bond acceptors (Lipinski definition) is 4. The lowest BCUT2D eigenvalue weighted by molar-refractivity contribution is -0.139. The van der Waals surface area contributed by atoms with Crippen molar-refractivity contribution in [1.82, 2.24) is 10.2 Å². The van der Waals surface area contributed by atoms with Crippen LogP contribution in [0.25, 0.3) is 0 Å². The highest BCUT2D eigenvalue weighted by molar-refractivity contribution is 5.88. The summed E-state index contributed by atoms with van der Waals surface area (Å²) >= 11 is 0. The van der Waals surface area contributed by atoms with E-state index in [0.29, 0.717) is 32.5 Å². The molecule has 20 heavy (non-hydrogen) atoms. The van der Waals surface area contributed by atoms with Crippen LogP contribution in [0, 0.1) is 5.41 Å². The van der Waals surface area contributed by atoms with Crippen molar-refractivity contribution in [2.24, 2.45) is 10.6 Å². The van der Waals surface area contributed by atoms with Gasteiger partial charge in [0.2, 0.25) is 5.91 Å². The first-order valence-electron chi connectivity index (χ1n) is 7.08. The number of amides is 2. The van der Waals surface area contributed by atoms with Crippen molar-refractivity contribution in [3.8, 4) is 0 Å². The van der Waals surface area contributed by atoms with Gasteiger partial charge in [-0.3, -0.25) is 9.59 Å². The first kappa shape index (κ1) is 16.5. The quantitative estimate of drug-likeness (QED) is 0.787. The van der Waals surface area contributed by atoms with Gasteiger partial charge in [-0.1, -0.05) is 25.9 Å². The van der Waals surface area contributed by atoms with E-state index in [4.69, 9.17) is 4.84 Å². The highest BCUT2D eigenvalue weighted by atomic mass is 16.6. The second-order valence-electron chi connectivity index (χ2n) is 5.93. The molecular weight excluding hydrogens is 258 g/mol. The number of carbonyl (C=O) groups excluding carboxylic acids is 2. The van der Waals surface area contributed by atoms with Crippen LogP contribution in [-0.4, -0.2) is 48.7 Å². The molecule has 0 aromatic rings. The molecular formula is C14H25N3O3. The molecule has 6 nitrogen and oxygen atoms in total. The number of rotatable bonds is 4. The van der Waals surface area contributed by atoms with E-state index < -0.39 is 0 Å². The fourth-order valence-electron chi connectivity index (χ4n) is 1.96. The number of oxime groups is 1. The van der Waals surface area contributed by atoms with Crippen LogP contribution in [0.2, 0.25) is 0 Å². The van der Waals surface area contributed by atoms with Gasteiger partial charge >= 0.3 is 0 Å². The molecule has 0 aromatic heterocycles. The van der Waals surface area contributed by atoms with Gasteiger partial charge in [0, 0.05) is 37.9 Å². The first-order chi connectivity index (χ1) is 9.34. The van der Waals surface area contributed by atoms with E-state index in [1.807, 2.05) is 32.6 Å². The van der Waals surface area contributed by atoms with E-state index in [9.17, 15) is 9.59 Å². The smallest absolute Gasteiger partial charge is 0.260 e. The zero-order valence-corrected chi connectivity index (χ0v) is 12.9. The second-order valence-corrected chi connectivity index (χ2v) is 5.93. The van der Waals surface area contributed by atoms with Crippen LogP contribution < -0.4 is 5.32 Å². The minimum atomic E-state index is -0.344. The number of likely N-dealkylation sites (tertiary alicyclic amines) is 1. The minimum Gasteiger partial charge on any atom is -0.386 e. The number of nitrogens with zero attached hydrogens (tertiary/aromatic N) is 2. The Kier molecular flexibility index (Phi) is 5.98. The number of nitrogens with one attached hydrogen (secondary N) is 1. The Morgan fingerprint density at radius 2 is 1.90 bits per heavy atom. The largest absolute Gasteiger partial charge is 0.386 e. The van der Waals surface area contributed by atoms with Crippen molar-refractivity contribution >= 4 is 17.5 Å². The molecule has 0 saturated carbocycles. The lowest BCUT2D eigenvalue weighted by Crippen LogP contribution is -2.44. The van der Waals surface area contributed by atoms with Crippen LogP contribution in [0.4, 0.5) is 0 Å². The Morgan fingerprint density at radius 1 is 1.30 bits per heavy atom. The van der Waals surface area contributed by atoms with Crippen molar-refractivity contribution in [2.45, 2.75) is 40.5 Å². The molecule has 0 spiro atoms. The van der Waals surface area contributed by atoms with Gasteiger partial charge in [-0.15, -0.1) is 0 Å². The lowest BCUT2D eigenvalue weighted by Gasteiger charge is -2.32. The third kappa shape index (κ3) is 5.19. The van der Waals surface area contributed by atoms with Crippen LogP contribution in [-0.2, 0) is 14.4 Å². The number of carbonyl (C=O) groups is 2. The number of hydrogen-bond donors (Lipinski definition) is 1. The average Bonchev–Trinajstić information content (AvgIpc) is 2.38. The summed E-state index contributed by atoms with van der Waals surface area (Å²) in [5.41, 5.74) is 0.566. The Hall–Kier alpha value is -1.59. The maximum absolute atomic E-state index is 12.1. The van der Waals surface area contributed by atoms with E-state index in [0.717, 1.165) is 5.71 Å². The van der Waals surface area contributed by atoms with Crippen LogP contribution in [0.1, 0.15) is 40.5 Å². The third-order valence-electron chi connectivity index (χ3n) is 3.03. The summed E-state index contributed by atoms with van der Waals surface area (Å²) in [6, 6.07) is 0. The average molecular weight is 283 g/mol. The van der Waals surface area contributed by atoms with Gasteiger partial charge in [0.15, 0.2) is 6.61 Å². The van der Waals surface area contributed by atoms with E-state index in [-0.39, 0.29) is 23.8 Å². The summed E-state index contributed by atoms with van der Waals surface area (Å²) in [5.74, 6) is -0.00279. The summed E-state index contributed by atoms with van der Waals surface area (Å²) in [6.45, 7) is 9.49. The highest BCUT2D eigenvalue weighted by Gasteiger charge is 2.29. The molecule has 6 heteroatoms. The molecule has 114 valence electrons. The standard InChI is InChI=1S/C14H25N3O3/c1-5-15-12(18)10-20-16-11-6-8-17(9-7-11)13(19)14(2,3)4/h5-10H2,1-4H3,(H,15,18). The molecule has 0 bridgehead atoms. The number of likely N-dealkylation sites (N-methyl/N-ethyl adjacent to an activating group) is 1. The van der Waals surface area contributed by atoms with E-state index in [1.165, 1.54) is 0 Å². The number of piperidine rings is 1. The van der Waals surface area contributed by atoms with Crippen LogP contribution in [0.3, 0.4) is 0 Å². The molecule has 0 unspecified atom stereocenters. The fourth-order valence-corrected chi connectivity index (χ4v) is 1.96. The summed E-state index contributed by atoms with van der Waals surface area (Å²) in [4.78, 5) is 30.2. The normalized spacial score (nSPS) is 15.8. The maximum Gasteiger partial charge on any atom is 0.260 e. The molecule has 1 N–H and O–H groups in total. The van der Waals surface area contributed by atoms with Gasteiger partial charge in [-0.2, -0.15) is 0 Å². The summed E-state index contributed by atoms with van der Waals surface area (Å²) in [5, 5.41) is 6.62. The van der Waals surface area contributed by atoms with E-state index in [2.05, 4.69) is 10.5 Å². The Labute approximate surface area is 120 Å². The molecule has 0 radical (unpaired) electrons. The molecule has 2 amide bonds. The van der Waals surface area contributed by atoms with E-state index >= 15 is 0 Å². The van der Waals surface area contributed by atoms with Gasteiger partial charge in [0.05, 0.1) is 5.71 Å². The van der Waals surface area contributed by atoms with Crippen LogP contribution in [0.15, 0.2) is 5.16 Å². The highest BCUT2D eigenvalue weighted by Crippen LogP contribution is 2.20. The molecule has 1 aliphatic rings. The Bertz CT molecular complexity index is 376. The molecule has 1 heterocycles. The summed E-state index contributed by atoms with van der Waals surface area (Å²) < 4.78 is 0. The minimum absolute atomic E-state index is 0.0536. The van der Waals surface area contributed by atoms with Gasteiger partial charge in [0.25, 0.3) is 5.91 Å². The lowest BCUT2D eigenvalue weighted by atomic mass is 9.93. The second kappa shape index (κ2) is 7.26. The van der Waals surface area contributed by atoms with Gasteiger partial charge < -0.3 is 15.1 Å². The first-order valence-corrected chi connectivity index (χ1v) is 7.08. The Morgan fingerprint density at radius 3 is 2.40 bits per heavy atom. The molecule has 1 saturated heterocycles. The van der Waals surface area contributed by atoms with Crippen molar-refractivity contribution in [3.05, 3.63) is 0 Å². The SMILES string of the molecule is CCNC(=O)CON=C1CCN(C(=O)C(C)(C)C)CC1. The fraction of sp³-hybridized carbons (Fsp3) is 0.786. The van der Waals surface area contributed by atoms with Gasteiger partial charge in [-0.25, -0.2) is 0 Å². The van der Waals surface area contributed by atoms with Crippen LogP contribution in [0.5, 0.6) is 0 Å². The molecule has 1 aliphatic heterocycles. The molecule has 0 atom stereocenters. The maximum atomic E-state index is 12.1. The van der Waals surface area contributed by atoms with Crippen molar-refractivity contribution in [3.63, 3.8) is 0 Å². The molecule has 0 aromatic carbocycles. The third-order valence-corrected chi connectivity index (χ3v) is 3.03. The van der Waals surface area contributed by atoms with E-state index in [1.54, 1.807) is 0 Å². The van der Waals surface area contributed by atoms with Gasteiger partial charge in [-0.05, 0) is 6.92 Å². The molecule has 1 fully saturated rings. The van der Waals surface area contributed by atoms with Crippen LogP contribution >= 0.6 is 0 Å². The Balaban J connectivity index is 2.35. The molecule has 0 aliphatic carbocycles. The van der Waals surface area contributed by atoms with Crippen molar-refractivity contribution < 1.29 is 14.4 Å². The predicted molar refractivity (Wildman–Crippen MR) is 77.3 cm³/mol. The predicted octanol–water partition coefficient (Wildman–Crippen LogP) is 1.16. The summed E-state index contributed by atoms with van der Waals surface area (Å²) in [7, 11) is 0. The monoisotopic (exact) mass is 283 g/mol. The zero-order chi connectivity index (χ0) is 15.2. The summed E-state index contributed by atoms with van der Waals surface area (Å²) in [6.07, 6.45) is 1.41. The zero-order valence-electron chi connectivity index (χ0n) is 12.9. The van der Waals surface area contributed by atoms with Crippen molar-refractivity contribution in [2.75, 3.05) is 26.2 Å². The molecule has 1 rings (SSSR count). The van der Waals surface area contributed by atoms with Gasteiger partial charge in [0.1, 0.15) is 0 Å². The topological polar surface area (TPSA) is 71.0 Å².